The molecule has 0 bridgehead atoms. The molecule has 1 aromatic carbocycles. The van der Waals surface area contributed by atoms with Gasteiger partial charge in [0, 0.05) is 0 Å². The van der Waals surface area contributed by atoms with Gasteiger partial charge >= 0.3 is 5.97 Å². The molecule has 3 heteroatoms. The Hall–Kier alpha value is -1.90. The average molecular weight is 231 g/mol. The number of nitrogens with one attached hydrogen (secondary N) is 1. The number of hydrogen-bond acceptors (Lipinski definition) is 2. The Labute approximate surface area is 101 Å². The van der Waals surface area contributed by atoms with Crippen molar-refractivity contribution in [2.24, 2.45) is 5.41 Å². The first-order chi connectivity index (χ1) is 7.88. The summed E-state index contributed by atoms with van der Waals surface area (Å²) in [4.78, 5) is 11.4. The smallest absolute Gasteiger partial charge is 0.315 e. The Morgan fingerprint density at radius 3 is 2.35 bits per heavy atom. The summed E-state index contributed by atoms with van der Waals surface area (Å²) in [6, 6.07) is 8.94. The lowest BCUT2D eigenvalue weighted by Crippen LogP contribution is -2.36. The second kappa shape index (κ2) is 4.95. The predicted molar refractivity (Wildman–Crippen MR) is 68.4 cm³/mol. The van der Waals surface area contributed by atoms with Crippen LogP contribution in [0.25, 0.3) is 0 Å². The molecular formula is C14H17NO2. The number of aliphatic carboxylic acids is 1. The molecule has 0 saturated carbocycles. The van der Waals surface area contributed by atoms with Crippen molar-refractivity contribution in [3.05, 3.63) is 48.0 Å². The number of benzene rings is 1. The summed E-state index contributed by atoms with van der Waals surface area (Å²) in [5.41, 5.74) is 0.301. The van der Waals surface area contributed by atoms with Crippen molar-refractivity contribution in [2.45, 2.75) is 20.3 Å². The van der Waals surface area contributed by atoms with E-state index in [1.165, 1.54) is 0 Å². The van der Waals surface area contributed by atoms with Gasteiger partial charge in [0.1, 0.15) is 5.41 Å². The van der Waals surface area contributed by atoms with Gasteiger partial charge in [-0.15, -0.1) is 6.58 Å². The molecule has 0 aliphatic rings. The molecule has 17 heavy (non-hydrogen) atoms. The van der Waals surface area contributed by atoms with Crippen molar-refractivity contribution in [1.82, 2.24) is 0 Å². The Morgan fingerprint density at radius 2 is 1.94 bits per heavy atom. The predicted octanol–water partition coefficient (Wildman–Crippen LogP) is 3.11. The van der Waals surface area contributed by atoms with Crippen LogP contribution in [0.2, 0.25) is 0 Å². The largest absolute Gasteiger partial charge is 0.481 e. The van der Waals surface area contributed by atoms with Gasteiger partial charge in [0.05, 0.1) is 5.71 Å². The van der Waals surface area contributed by atoms with Crippen LogP contribution in [0.5, 0.6) is 0 Å². The van der Waals surface area contributed by atoms with Gasteiger partial charge in [-0.1, -0.05) is 35.9 Å². The van der Waals surface area contributed by atoms with Gasteiger partial charge in [0.25, 0.3) is 0 Å². The summed E-state index contributed by atoms with van der Waals surface area (Å²) in [5, 5.41) is 17.4. The van der Waals surface area contributed by atoms with Gasteiger partial charge in [-0.3, -0.25) is 4.79 Å². The van der Waals surface area contributed by atoms with Crippen LogP contribution in [-0.4, -0.2) is 16.8 Å². The molecule has 2 N–H and O–H groups in total. The van der Waals surface area contributed by atoms with Crippen LogP contribution < -0.4 is 0 Å². The summed E-state index contributed by atoms with van der Waals surface area (Å²) in [5.74, 6) is -0.991. The van der Waals surface area contributed by atoms with Crippen LogP contribution in [-0.2, 0) is 4.79 Å². The van der Waals surface area contributed by atoms with Gasteiger partial charge in [-0.05, 0) is 25.8 Å². The highest BCUT2D eigenvalue weighted by Crippen LogP contribution is 2.30. The highest BCUT2D eigenvalue weighted by atomic mass is 16.4. The van der Waals surface area contributed by atoms with Crippen LogP contribution >= 0.6 is 0 Å². The van der Waals surface area contributed by atoms with Crippen molar-refractivity contribution in [2.75, 3.05) is 0 Å². The highest BCUT2D eigenvalue weighted by molar-refractivity contribution is 6.13. The highest BCUT2D eigenvalue weighted by Gasteiger charge is 2.38. The number of carboxylic acid groups (broad SMARTS) is 1. The molecular weight excluding hydrogens is 214 g/mol. The maximum atomic E-state index is 11.4. The number of carboxylic acids is 1. The number of hydrogen-bond donors (Lipinski definition) is 2. The summed E-state index contributed by atoms with van der Waals surface area (Å²) in [6.45, 7) is 7.08. The molecule has 0 fully saturated rings. The van der Waals surface area contributed by atoms with Crippen molar-refractivity contribution in [3.8, 4) is 0 Å². The van der Waals surface area contributed by atoms with Gasteiger partial charge in [-0.25, -0.2) is 0 Å². The quantitative estimate of drug-likeness (QED) is 0.604. The topological polar surface area (TPSA) is 61.2 Å². The minimum atomic E-state index is -1.22. The standard InChI is InChI=1S/C14H17NO2/c1-10(2)9-14(3,13(16)17)12(15)11-7-5-4-6-8-11/h4-8,15H,1,9H2,2-3H3,(H,16,17). The lowest BCUT2D eigenvalue weighted by molar-refractivity contribution is -0.143. The molecule has 1 rings (SSSR count). The first-order valence-electron chi connectivity index (χ1n) is 5.40. The van der Waals surface area contributed by atoms with E-state index in [2.05, 4.69) is 6.58 Å². The van der Waals surface area contributed by atoms with E-state index in [-0.39, 0.29) is 12.1 Å². The fourth-order valence-corrected chi connectivity index (χ4v) is 1.80. The van der Waals surface area contributed by atoms with E-state index in [0.717, 1.165) is 5.57 Å². The summed E-state index contributed by atoms with van der Waals surface area (Å²) < 4.78 is 0. The minimum absolute atomic E-state index is 0.119. The molecule has 0 aliphatic heterocycles. The first kappa shape index (κ1) is 13.2. The van der Waals surface area contributed by atoms with Crippen LogP contribution in [0, 0.1) is 10.8 Å². The minimum Gasteiger partial charge on any atom is -0.481 e. The third-order valence-corrected chi connectivity index (χ3v) is 2.74. The summed E-state index contributed by atoms with van der Waals surface area (Å²) in [6.07, 6.45) is 0.274. The molecule has 0 amide bonds. The SMILES string of the molecule is C=C(C)CC(C)(C(=N)c1ccccc1)C(=O)O. The zero-order valence-corrected chi connectivity index (χ0v) is 10.2. The van der Waals surface area contributed by atoms with E-state index in [0.29, 0.717) is 5.56 Å². The monoisotopic (exact) mass is 231 g/mol. The number of rotatable bonds is 5. The molecule has 0 spiro atoms. The number of allylic oxidation sites excluding steroid dienone is 1. The van der Waals surface area contributed by atoms with Crippen LogP contribution in [0.4, 0.5) is 0 Å². The maximum Gasteiger partial charge on any atom is 0.315 e. The van der Waals surface area contributed by atoms with E-state index >= 15 is 0 Å². The summed E-state index contributed by atoms with van der Waals surface area (Å²) >= 11 is 0. The van der Waals surface area contributed by atoms with Crippen LogP contribution in [0.15, 0.2) is 42.5 Å². The summed E-state index contributed by atoms with van der Waals surface area (Å²) in [7, 11) is 0. The molecule has 0 saturated heterocycles. The van der Waals surface area contributed by atoms with E-state index < -0.39 is 11.4 Å². The van der Waals surface area contributed by atoms with E-state index in [4.69, 9.17) is 5.41 Å². The molecule has 0 aliphatic carbocycles. The second-order valence-electron chi connectivity index (χ2n) is 4.51. The van der Waals surface area contributed by atoms with E-state index in [9.17, 15) is 9.90 Å². The van der Waals surface area contributed by atoms with E-state index in [1.54, 1.807) is 38.1 Å². The molecule has 0 aromatic heterocycles. The molecule has 1 aromatic rings. The first-order valence-corrected chi connectivity index (χ1v) is 5.40. The van der Waals surface area contributed by atoms with Crippen molar-refractivity contribution in [1.29, 1.82) is 5.41 Å². The lowest BCUT2D eigenvalue weighted by atomic mass is 9.77. The van der Waals surface area contributed by atoms with Crippen molar-refractivity contribution < 1.29 is 9.90 Å². The number of carbonyl (C=O) groups is 1. The molecule has 3 nitrogen and oxygen atoms in total. The Bertz CT molecular complexity index is 451. The van der Waals surface area contributed by atoms with E-state index in [1.807, 2.05) is 6.07 Å². The lowest BCUT2D eigenvalue weighted by Gasteiger charge is -2.26. The fraction of sp³-hybridized carbons (Fsp3) is 0.286. The van der Waals surface area contributed by atoms with Crippen LogP contribution in [0.3, 0.4) is 0 Å². The Kier molecular flexibility index (Phi) is 3.84. The maximum absolute atomic E-state index is 11.4. The third-order valence-electron chi connectivity index (χ3n) is 2.74. The third kappa shape index (κ3) is 2.81. The Balaban J connectivity index is 3.12. The Morgan fingerprint density at radius 1 is 1.41 bits per heavy atom. The molecule has 1 atom stereocenters. The van der Waals surface area contributed by atoms with Gasteiger partial charge in [-0.2, -0.15) is 0 Å². The molecule has 0 heterocycles. The van der Waals surface area contributed by atoms with Gasteiger partial charge < -0.3 is 10.5 Å². The van der Waals surface area contributed by atoms with Gasteiger partial charge in [0.2, 0.25) is 0 Å². The van der Waals surface area contributed by atoms with Crippen molar-refractivity contribution >= 4 is 11.7 Å². The fourth-order valence-electron chi connectivity index (χ4n) is 1.80. The van der Waals surface area contributed by atoms with Gasteiger partial charge in [0.15, 0.2) is 0 Å². The zero-order chi connectivity index (χ0) is 13.1. The molecule has 1 unspecified atom stereocenters. The average Bonchev–Trinajstić information content (AvgIpc) is 2.28. The second-order valence-corrected chi connectivity index (χ2v) is 4.51. The molecule has 90 valence electrons. The molecule has 0 radical (unpaired) electrons. The normalized spacial score (nSPS) is 13.8. The zero-order valence-electron chi connectivity index (χ0n) is 10.2. The van der Waals surface area contributed by atoms with Crippen molar-refractivity contribution in [3.63, 3.8) is 0 Å². The van der Waals surface area contributed by atoms with Crippen LogP contribution in [0.1, 0.15) is 25.8 Å².